The third-order valence-corrected chi connectivity index (χ3v) is 4.43. The highest BCUT2D eigenvalue weighted by Gasteiger charge is 2.20. The summed E-state index contributed by atoms with van der Waals surface area (Å²) < 4.78 is 15.3. The first kappa shape index (κ1) is 16.7. The van der Waals surface area contributed by atoms with E-state index in [1.807, 2.05) is 6.07 Å². The average Bonchev–Trinajstić information content (AvgIpc) is 2.98. The van der Waals surface area contributed by atoms with Gasteiger partial charge in [0.1, 0.15) is 11.5 Å². The fraction of sp³-hybridized carbons (Fsp3) is 0.294. The molecule has 2 aromatic heterocycles. The van der Waals surface area contributed by atoms with Crippen molar-refractivity contribution in [2.45, 2.75) is 18.8 Å². The van der Waals surface area contributed by atoms with Gasteiger partial charge in [0.25, 0.3) is 5.56 Å². The van der Waals surface area contributed by atoms with E-state index < -0.39 is 0 Å². The summed E-state index contributed by atoms with van der Waals surface area (Å²) in [5.74, 6) is 0.0000147. The van der Waals surface area contributed by atoms with Gasteiger partial charge < -0.3 is 10.3 Å². The van der Waals surface area contributed by atoms with Crippen molar-refractivity contribution >= 4 is 18.1 Å². The molecule has 1 saturated heterocycles. The van der Waals surface area contributed by atoms with Crippen LogP contribution in [0, 0.1) is 5.82 Å². The number of halogens is 2. The predicted octanol–water partition coefficient (Wildman–Crippen LogP) is 2.72. The van der Waals surface area contributed by atoms with E-state index in [1.165, 1.54) is 12.1 Å². The van der Waals surface area contributed by atoms with Crippen molar-refractivity contribution in [2.75, 3.05) is 13.1 Å². The molecule has 0 unspecified atom stereocenters. The van der Waals surface area contributed by atoms with E-state index in [4.69, 9.17) is 0 Å². The molecule has 0 atom stereocenters. The molecule has 3 heterocycles. The summed E-state index contributed by atoms with van der Waals surface area (Å²) in [7, 11) is 0. The third-order valence-electron chi connectivity index (χ3n) is 4.43. The van der Waals surface area contributed by atoms with Gasteiger partial charge in [0.2, 0.25) is 0 Å². The van der Waals surface area contributed by atoms with Crippen LogP contribution >= 0.6 is 12.4 Å². The molecule has 0 radical (unpaired) electrons. The molecule has 0 saturated carbocycles. The fourth-order valence-electron chi connectivity index (χ4n) is 3.29. The Bertz CT molecular complexity index is 914. The van der Waals surface area contributed by atoms with Gasteiger partial charge in [0.05, 0.1) is 11.9 Å². The number of rotatable bonds is 2. The zero-order valence-corrected chi connectivity index (χ0v) is 13.8. The lowest BCUT2D eigenvalue weighted by Crippen LogP contribution is -2.28. The summed E-state index contributed by atoms with van der Waals surface area (Å²) in [5, 5.41) is 7.77. The minimum atomic E-state index is -0.307. The number of aromatic nitrogens is 3. The van der Waals surface area contributed by atoms with Crippen LogP contribution < -0.4 is 10.9 Å². The van der Waals surface area contributed by atoms with Gasteiger partial charge in [-0.1, -0.05) is 12.1 Å². The summed E-state index contributed by atoms with van der Waals surface area (Å²) >= 11 is 0. The molecule has 1 fully saturated rings. The standard InChI is InChI=1S/C17H17FN4O.ClH/c18-13-3-1-2-12(8-13)14-10-20-22-15(9-16(23)21-17(14)22)11-4-6-19-7-5-11;/h1-3,8-11,19H,4-7H2,(H,21,23);1H. The monoisotopic (exact) mass is 348 g/mol. The second kappa shape index (κ2) is 6.75. The van der Waals surface area contributed by atoms with Crippen molar-refractivity contribution in [3.05, 3.63) is 58.4 Å². The van der Waals surface area contributed by atoms with E-state index in [-0.39, 0.29) is 23.8 Å². The van der Waals surface area contributed by atoms with E-state index in [0.29, 0.717) is 17.1 Å². The third kappa shape index (κ3) is 2.95. The molecule has 1 aromatic carbocycles. The summed E-state index contributed by atoms with van der Waals surface area (Å²) in [5.41, 5.74) is 2.84. The second-order valence-corrected chi connectivity index (χ2v) is 5.91. The van der Waals surface area contributed by atoms with Gasteiger partial charge in [-0.15, -0.1) is 12.4 Å². The lowest BCUT2D eigenvalue weighted by molar-refractivity contribution is 0.446. The van der Waals surface area contributed by atoms with Crippen LogP contribution in [0.25, 0.3) is 16.8 Å². The van der Waals surface area contributed by atoms with Crippen LogP contribution in [0.3, 0.4) is 0 Å². The highest BCUT2D eigenvalue weighted by Crippen LogP contribution is 2.28. The van der Waals surface area contributed by atoms with Gasteiger partial charge in [-0.05, 0) is 43.6 Å². The van der Waals surface area contributed by atoms with E-state index in [0.717, 1.165) is 37.2 Å². The molecule has 0 amide bonds. The van der Waals surface area contributed by atoms with Gasteiger partial charge in [-0.3, -0.25) is 4.79 Å². The maximum absolute atomic E-state index is 13.5. The van der Waals surface area contributed by atoms with Gasteiger partial charge in [-0.2, -0.15) is 5.10 Å². The van der Waals surface area contributed by atoms with Crippen molar-refractivity contribution in [3.8, 4) is 11.1 Å². The molecule has 0 aliphatic carbocycles. The number of piperidine rings is 1. The minimum absolute atomic E-state index is 0. The molecular weight excluding hydrogens is 331 g/mol. The van der Waals surface area contributed by atoms with Crippen LogP contribution in [-0.2, 0) is 0 Å². The molecule has 5 nitrogen and oxygen atoms in total. The molecule has 2 N–H and O–H groups in total. The number of nitrogens with zero attached hydrogens (tertiary/aromatic N) is 2. The first-order valence-corrected chi connectivity index (χ1v) is 7.80. The summed E-state index contributed by atoms with van der Waals surface area (Å²) in [6.45, 7) is 1.88. The van der Waals surface area contributed by atoms with Crippen LogP contribution in [0.1, 0.15) is 24.5 Å². The lowest BCUT2D eigenvalue weighted by Gasteiger charge is -2.23. The molecule has 1 aliphatic rings. The van der Waals surface area contributed by atoms with E-state index >= 15 is 0 Å². The Balaban J connectivity index is 0.00000169. The van der Waals surface area contributed by atoms with E-state index in [9.17, 15) is 9.18 Å². The van der Waals surface area contributed by atoms with Crippen LogP contribution in [0.5, 0.6) is 0 Å². The number of fused-ring (bicyclic) bond motifs is 1. The molecule has 0 spiro atoms. The summed E-state index contributed by atoms with van der Waals surface area (Å²) in [6, 6.07) is 7.95. The fourth-order valence-corrected chi connectivity index (χ4v) is 3.29. The predicted molar refractivity (Wildman–Crippen MR) is 93.3 cm³/mol. The number of hydrogen-bond acceptors (Lipinski definition) is 3. The molecule has 1 aliphatic heterocycles. The first-order chi connectivity index (χ1) is 11.2. The van der Waals surface area contributed by atoms with Crippen molar-refractivity contribution in [1.29, 1.82) is 0 Å². The number of aromatic amines is 1. The topological polar surface area (TPSA) is 62.2 Å². The number of nitrogens with one attached hydrogen (secondary N) is 2. The highest BCUT2D eigenvalue weighted by atomic mass is 35.5. The lowest BCUT2D eigenvalue weighted by atomic mass is 9.94. The Morgan fingerprint density at radius 3 is 2.75 bits per heavy atom. The molecule has 3 aromatic rings. The molecule has 126 valence electrons. The zero-order chi connectivity index (χ0) is 15.8. The Labute approximate surface area is 144 Å². The smallest absolute Gasteiger partial charge is 0.251 e. The Morgan fingerprint density at radius 2 is 2.00 bits per heavy atom. The Morgan fingerprint density at radius 1 is 1.21 bits per heavy atom. The first-order valence-electron chi connectivity index (χ1n) is 7.80. The quantitative estimate of drug-likeness (QED) is 0.748. The maximum atomic E-state index is 13.5. The van der Waals surface area contributed by atoms with Crippen LogP contribution in [0.15, 0.2) is 41.3 Å². The van der Waals surface area contributed by atoms with Crippen molar-refractivity contribution in [2.24, 2.45) is 0 Å². The minimum Gasteiger partial charge on any atom is -0.317 e. The van der Waals surface area contributed by atoms with Gasteiger partial charge in [0, 0.05) is 17.5 Å². The van der Waals surface area contributed by atoms with E-state index in [2.05, 4.69) is 15.4 Å². The molecule has 24 heavy (non-hydrogen) atoms. The maximum Gasteiger partial charge on any atom is 0.251 e. The summed E-state index contributed by atoms with van der Waals surface area (Å²) in [4.78, 5) is 15.0. The molecular formula is C17H18ClFN4O. The van der Waals surface area contributed by atoms with Gasteiger partial charge >= 0.3 is 0 Å². The molecule has 4 rings (SSSR count). The van der Waals surface area contributed by atoms with Crippen LogP contribution in [0.2, 0.25) is 0 Å². The zero-order valence-electron chi connectivity index (χ0n) is 13.0. The normalized spacial score (nSPS) is 15.4. The number of benzene rings is 1. The van der Waals surface area contributed by atoms with Gasteiger partial charge in [-0.25, -0.2) is 8.91 Å². The van der Waals surface area contributed by atoms with Crippen LogP contribution in [-0.4, -0.2) is 27.7 Å². The van der Waals surface area contributed by atoms with Crippen molar-refractivity contribution in [3.63, 3.8) is 0 Å². The molecule has 0 bridgehead atoms. The Hall–Kier alpha value is -2.18. The Kier molecular flexibility index (Phi) is 4.69. The number of hydrogen-bond donors (Lipinski definition) is 2. The summed E-state index contributed by atoms with van der Waals surface area (Å²) in [6.07, 6.45) is 3.64. The molecule has 7 heteroatoms. The number of H-pyrrole nitrogens is 1. The highest BCUT2D eigenvalue weighted by molar-refractivity contribution is 5.85. The van der Waals surface area contributed by atoms with Crippen molar-refractivity contribution in [1.82, 2.24) is 19.9 Å². The van der Waals surface area contributed by atoms with Crippen LogP contribution in [0.4, 0.5) is 4.39 Å². The van der Waals surface area contributed by atoms with E-state index in [1.54, 1.807) is 22.8 Å². The van der Waals surface area contributed by atoms with Crippen molar-refractivity contribution < 1.29 is 4.39 Å². The SMILES string of the molecule is Cl.O=c1cc(C2CCNCC2)n2ncc(-c3cccc(F)c3)c2[nH]1. The largest absolute Gasteiger partial charge is 0.317 e. The van der Waals surface area contributed by atoms with Gasteiger partial charge in [0.15, 0.2) is 0 Å². The second-order valence-electron chi connectivity index (χ2n) is 5.91. The average molecular weight is 349 g/mol.